The van der Waals surface area contributed by atoms with Crippen LogP contribution in [0, 0.1) is 0 Å². The minimum atomic E-state index is 0.658. The molecule has 4 nitrogen and oxygen atoms in total. The number of rotatable bonds is 4. The predicted octanol–water partition coefficient (Wildman–Crippen LogP) is 1.12. The van der Waals surface area contributed by atoms with E-state index >= 15 is 0 Å². The molecule has 0 aromatic carbocycles. The summed E-state index contributed by atoms with van der Waals surface area (Å²) in [5.41, 5.74) is 1.25. The Kier molecular flexibility index (Phi) is 2.69. The second-order valence-electron chi connectivity index (χ2n) is 5.20. The van der Waals surface area contributed by atoms with Crippen LogP contribution in [0.2, 0.25) is 0 Å². The molecule has 1 aliphatic heterocycles. The van der Waals surface area contributed by atoms with E-state index in [0.717, 1.165) is 18.6 Å². The van der Waals surface area contributed by atoms with E-state index in [2.05, 4.69) is 27.3 Å². The molecule has 0 bridgehead atoms. The van der Waals surface area contributed by atoms with E-state index in [9.17, 15) is 0 Å². The summed E-state index contributed by atoms with van der Waals surface area (Å²) < 4.78 is 0. The number of nitrogens with one attached hydrogen (secondary N) is 2. The Morgan fingerprint density at radius 2 is 2.44 bits per heavy atom. The summed E-state index contributed by atoms with van der Waals surface area (Å²) in [4.78, 5) is 2.67. The minimum absolute atomic E-state index is 0.658. The van der Waals surface area contributed by atoms with E-state index in [1.807, 2.05) is 12.4 Å². The molecule has 88 valence electrons. The van der Waals surface area contributed by atoms with Crippen LogP contribution in [-0.4, -0.2) is 39.8 Å². The van der Waals surface area contributed by atoms with E-state index in [4.69, 9.17) is 0 Å². The first kappa shape index (κ1) is 10.3. The molecule has 3 rings (SSSR count). The number of H-pyrrole nitrogens is 1. The molecule has 2 N–H and O–H groups in total. The first-order valence-electron chi connectivity index (χ1n) is 6.29. The van der Waals surface area contributed by atoms with Crippen molar-refractivity contribution in [2.75, 3.05) is 6.54 Å². The lowest BCUT2D eigenvalue weighted by Crippen LogP contribution is -2.33. The Labute approximate surface area is 96.4 Å². The van der Waals surface area contributed by atoms with Crippen LogP contribution in [0.15, 0.2) is 12.4 Å². The van der Waals surface area contributed by atoms with E-state index in [1.54, 1.807) is 0 Å². The highest BCUT2D eigenvalue weighted by Gasteiger charge is 2.38. The van der Waals surface area contributed by atoms with Crippen LogP contribution >= 0.6 is 0 Å². The van der Waals surface area contributed by atoms with Gasteiger partial charge in [0, 0.05) is 43.0 Å². The van der Waals surface area contributed by atoms with Crippen LogP contribution in [0.5, 0.6) is 0 Å². The van der Waals surface area contributed by atoms with Crippen molar-refractivity contribution in [3.63, 3.8) is 0 Å². The van der Waals surface area contributed by atoms with Crippen LogP contribution < -0.4 is 5.32 Å². The predicted molar refractivity (Wildman–Crippen MR) is 63.0 cm³/mol. The summed E-state index contributed by atoms with van der Waals surface area (Å²) in [5, 5.41) is 10.4. The summed E-state index contributed by atoms with van der Waals surface area (Å²) in [6.07, 6.45) is 7.97. The molecule has 0 amide bonds. The Balaban J connectivity index is 1.49. The molecular formula is C12H20N4. The molecule has 2 atom stereocenters. The van der Waals surface area contributed by atoms with Crippen molar-refractivity contribution in [3.05, 3.63) is 18.0 Å². The first-order valence-corrected chi connectivity index (χ1v) is 6.29. The smallest absolute Gasteiger partial charge is 0.0532 e. The molecule has 1 saturated carbocycles. The Morgan fingerprint density at radius 3 is 3.12 bits per heavy atom. The summed E-state index contributed by atoms with van der Waals surface area (Å²) >= 11 is 0. The molecule has 1 aliphatic carbocycles. The monoisotopic (exact) mass is 220 g/mol. The third-order valence-electron chi connectivity index (χ3n) is 3.79. The average molecular weight is 220 g/mol. The van der Waals surface area contributed by atoms with Gasteiger partial charge in [0.25, 0.3) is 0 Å². The quantitative estimate of drug-likeness (QED) is 0.799. The lowest BCUT2D eigenvalue weighted by molar-refractivity contribution is 0.255. The van der Waals surface area contributed by atoms with Crippen molar-refractivity contribution in [2.24, 2.45) is 0 Å². The Morgan fingerprint density at radius 1 is 1.56 bits per heavy atom. The molecule has 2 heterocycles. The minimum Gasteiger partial charge on any atom is -0.308 e. The number of hydrogen-bond donors (Lipinski definition) is 2. The van der Waals surface area contributed by atoms with Gasteiger partial charge < -0.3 is 5.32 Å². The van der Waals surface area contributed by atoms with Gasteiger partial charge in [-0.2, -0.15) is 5.10 Å². The van der Waals surface area contributed by atoms with Gasteiger partial charge in [-0.3, -0.25) is 10.00 Å². The van der Waals surface area contributed by atoms with Gasteiger partial charge in [-0.1, -0.05) is 0 Å². The molecule has 0 radical (unpaired) electrons. The zero-order chi connectivity index (χ0) is 11.0. The first-order chi connectivity index (χ1) is 7.83. The molecule has 2 unspecified atom stereocenters. The fraction of sp³-hybridized carbons (Fsp3) is 0.750. The average Bonchev–Trinajstić information content (AvgIpc) is 2.85. The zero-order valence-electron chi connectivity index (χ0n) is 9.82. The van der Waals surface area contributed by atoms with Gasteiger partial charge in [-0.25, -0.2) is 0 Å². The van der Waals surface area contributed by atoms with E-state index in [-0.39, 0.29) is 0 Å². The van der Waals surface area contributed by atoms with Gasteiger partial charge in [0.15, 0.2) is 0 Å². The molecular weight excluding hydrogens is 200 g/mol. The molecule has 1 aromatic heterocycles. The van der Waals surface area contributed by atoms with Crippen LogP contribution in [0.3, 0.4) is 0 Å². The Bertz CT molecular complexity index is 331. The Hall–Kier alpha value is -0.870. The van der Waals surface area contributed by atoms with Gasteiger partial charge in [0.05, 0.1) is 6.20 Å². The number of aromatic amines is 1. The van der Waals surface area contributed by atoms with Crippen molar-refractivity contribution >= 4 is 0 Å². The van der Waals surface area contributed by atoms with Crippen molar-refractivity contribution in [1.82, 2.24) is 20.4 Å². The second kappa shape index (κ2) is 4.18. The molecule has 1 saturated heterocycles. The van der Waals surface area contributed by atoms with Crippen LogP contribution in [0.4, 0.5) is 0 Å². The lowest BCUT2D eigenvalue weighted by atomic mass is 10.2. The molecule has 2 fully saturated rings. The highest BCUT2D eigenvalue weighted by atomic mass is 15.3. The van der Waals surface area contributed by atoms with Gasteiger partial charge in [-0.05, 0) is 26.2 Å². The standard InChI is InChI=1S/C12H20N4/c1-9-4-11(8-16(9)12-2-3-12)13-5-10-6-14-15-7-10/h6-7,9,11-13H,2-5,8H2,1H3,(H,14,15). The maximum Gasteiger partial charge on any atom is 0.0532 e. The summed E-state index contributed by atoms with van der Waals surface area (Å²) in [5.74, 6) is 0. The van der Waals surface area contributed by atoms with Gasteiger partial charge >= 0.3 is 0 Å². The normalized spacial score (nSPS) is 31.1. The van der Waals surface area contributed by atoms with Gasteiger partial charge in [0.2, 0.25) is 0 Å². The molecule has 1 aromatic rings. The number of nitrogens with zero attached hydrogens (tertiary/aromatic N) is 2. The van der Waals surface area contributed by atoms with E-state index < -0.39 is 0 Å². The maximum absolute atomic E-state index is 3.96. The fourth-order valence-corrected chi connectivity index (χ4v) is 2.76. The summed E-state index contributed by atoms with van der Waals surface area (Å²) in [6.45, 7) is 4.52. The zero-order valence-corrected chi connectivity index (χ0v) is 9.82. The van der Waals surface area contributed by atoms with Gasteiger partial charge in [0.1, 0.15) is 0 Å². The topological polar surface area (TPSA) is 44.0 Å². The van der Waals surface area contributed by atoms with E-state index in [0.29, 0.717) is 6.04 Å². The van der Waals surface area contributed by atoms with Gasteiger partial charge in [-0.15, -0.1) is 0 Å². The van der Waals surface area contributed by atoms with Crippen LogP contribution in [0.1, 0.15) is 31.7 Å². The molecule has 2 aliphatic rings. The summed E-state index contributed by atoms with van der Waals surface area (Å²) in [7, 11) is 0. The van der Waals surface area contributed by atoms with E-state index in [1.165, 1.54) is 31.4 Å². The van der Waals surface area contributed by atoms with Crippen molar-refractivity contribution in [1.29, 1.82) is 0 Å². The summed E-state index contributed by atoms with van der Waals surface area (Å²) in [6, 6.07) is 2.32. The SMILES string of the molecule is CC1CC(NCc2cn[nH]c2)CN1C1CC1. The van der Waals surface area contributed by atoms with Crippen molar-refractivity contribution in [3.8, 4) is 0 Å². The van der Waals surface area contributed by atoms with Crippen molar-refractivity contribution in [2.45, 2.75) is 50.9 Å². The van der Waals surface area contributed by atoms with Crippen LogP contribution in [0.25, 0.3) is 0 Å². The highest BCUT2D eigenvalue weighted by molar-refractivity contribution is 5.03. The molecule has 0 spiro atoms. The number of likely N-dealkylation sites (tertiary alicyclic amines) is 1. The van der Waals surface area contributed by atoms with Crippen LogP contribution in [-0.2, 0) is 6.54 Å². The third-order valence-corrected chi connectivity index (χ3v) is 3.79. The molecule has 16 heavy (non-hydrogen) atoms. The lowest BCUT2D eigenvalue weighted by Gasteiger charge is -2.19. The fourth-order valence-electron chi connectivity index (χ4n) is 2.76. The molecule has 4 heteroatoms. The number of hydrogen-bond acceptors (Lipinski definition) is 3. The van der Waals surface area contributed by atoms with Crippen molar-refractivity contribution < 1.29 is 0 Å². The second-order valence-corrected chi connectivity index (χ2v) is 5.20. The number of aromatic nitrogens is 2. The largest absolute Gasteiger partial charge is 0.308 e. The third kappa shape index (κ3) is 2.13. The highest BCUT2D eigenvalue weighted by Crippen LogP contribution is 2.33. The maximum atomic E-state index is 3.96.